The monoisotopic (exact) mass is 537 g/mol. The van der Waals surface area contributed by atoms with Crippen molar-refractivity contribution in [2.45, 2.75) is 32.2 Å². The maximum Gasteiger partial charge on any atom is 0.261 e. The Morgan fingerprint density at radius 2 is 1.92 bits per heavy atom. The lowest BCUT2D eigenvalue weighted by Crippen LogP contribution is -2.48. The average Bonchev–Trinajstić information content (AvgIpc) is 3.37. The number of nitrogens with one attached hydrogen (secondary N) is 2. The van der Waals surface area contributed by atoms with E-state index in [0.29, 0.717) is 30.6 Å². The molecule has 2 aliphatic rings. The summed E-state index contributed by atoms with van der Waals surface area (Å²) in [6.07, 6.45) is 3.55. The van der Waals surface area contributed by atoms with Gasteiger partial charge in [-0.15, -0.1) is 11.3 Å². The van der Waals surface area contributed by atoms with Crippen LogP contribution in [-0.2, 0) is 16.0 Å². The van der Waals surface area contributed by atoms with E-state index in [1.165, 1.54) is 17.4 Å². The number of piperidine rings is 1. The molecule has 0 bridgehead atoms. The number of ether oxygens (including phenoxy) is 1. The van der Waals surface area contributed by atoms with Gasteiger partial charge in [-0.25, -0.2) is 15.0 Å². The van der Waals surface area contributed by atoms with E-state index in [-0.39, 0.29) is 29.7 Å². The molecule has 2 saturated heterocycles. The van der Waals surface area contributed by atoms with Crippen molar-refractivity contribution in [3.05, 3.63) is 52.8 Å². The fourth-order valence-electron chi connectivity index (χ4n) is 4.66. The molecule has 3 N–H and O–H groups in total. The summed E-state index contributed by atoms with van der Waals surface area (Å²) < 4.78 is 5.44. The lowest BCUT2D eigenvalue weighted by Gasteiger charge is -2.34. The van der Waals surface area contributed by atoms with Gasteiger partial charge < -0.3 is 25.0 Å². The van der Waals surface area contributed by atoms with Crippen molar-refractivity contribution in [2.75, 3.05) is 54.5 Å². The van der Waals surface area contributed by atoms with Gasteiger partial charge in [-0.1, -0.05) is 11.6 Å². The molecule has 11 nitrogen and oxygen atoms in total. The summed E-state index contributed by atoms with van der Waals surface area (Å²) in [4.78, 5) is 43.0. The van der Waals surface area contributed by atoms with Crippen LogP contribution in [0.15, 0.2) is 36.0 Å². The number of nitrogens with zero attached hydrogens (tertiary/aromatic N) is 5. The highest BCUT2D eigenvalue weighted by atomic mass is 32.1. The number of phenolic OH excluding ortho intramolecular Hbond substituents is 1. The predicted molar refractivity (Wildman–Crippen MR) is 145 cm³/mol. The van der Waals surface area contributed by atoms with Crippen LogP contribution in [0.5, 0.6) is 5.75 Å². The van der Waals surface area contributed by atoms with Crippen LogP contribution in [-0.4, -0.2) is 77.3 Å². The molecule has 200 valence electrons. The molecule has 0 saturated carbocycles. The molecule has 1 atom stereocenters. The molecule has 5 rings (SSSR count). The number of anilines is 3. The quantitative estimate of drug-likeness (QED) is 0.415. The van der Waals surface area contributed by atoms with Crippen molar-refractivity contribution in [3.63, 3.8) is 0 Å². The van der Waals surface area contributed by atoms with E-state index in [4.69, 9.17) is 4.74 Å². The molecule has 0 aliphatic carbocycles. The van der Waals surface area contributed by atoms with E-state index in [0.717, 1.165) is 49.7 Å². The molecule has 2 aliphatic heterocycles. The Hall–Kier alpha value is -3.77. The molecule has 2 aromatic heterocycles. The lowest BCUT2D eigenvalue weighted by molar-refractivity contribution is -0.121. The summed E-state index contributed by atoms with van der Waals surface area (Å²) >= 11 is 1.24. The summed E-state index contributed by atoms with van der Waals surface area (Å²) in [5, 5.41) is 17.9. The molecule has 38 heavy (non-hydrogen) atoms. The summed E-state index contributed by atoms with van der Waals surface area (Å²) in [6.45, 7) is 6.40. The second-order valence-electron chi connectivity index (χ2n) is 9.48. The molecule has 12 heteroatoms. The van der Waals surface area contributed by atoms with E-state index < -0.39 is 5.91 Å². The summed E-state index contributed by atoms with van der Waals surface area (Å²) in [6, 6.07) is 6.85. The van der Waals surface area contributed by atoms with E-state index in [2.05, 4.69) is 35.4 Å². The minimum absolute atomic E-state index is 0.000145. The van der Waals surface area contributed by atoms with Crippen molar-refractivity contribution < 1.29 is 19.4 Å². The Bertz CT molecular complexity index is 1290. The van der Waals surface area contributed by atoms with Crippen LogP contribution in [0.1, 0.15) is 34.5 Å². The molecule has 2 fully saturated rings. The smallest absolute Gasteiger partial charge is 0.261 e. The first-order chi connectivity index (χ1) is 18.4. The van der Waals surface area contributed by atoms with Crippen molar-refractivity contribution >= 4 is 39.9 Å². The first-order valence-corrected chi connectivity index (χ1v) is 13.6. The van der Waals surface area contributed by atoms with Gasteiger partial charge in [0.2, 0.25) is 5.91 Å². The Labute approximate surface area is 224 Å². The number of morpholine rings is 1. The number of carbonyl (C=O) groups excluding carboxylic acids is 2. The Kier molecular flexibility index (Phi) is 7.99. The molecule has 1 aromatic carbocycles. The van der Waals surface area contributed by atoms with Crippen LogP contribution in [0.2, 0.25) is 0 Å². The van der Waals surface area contributed by atoms with Crippen molar-refractivity contribution in [1.82, 2.24) is 20.3 Å². The van der Waals surface area contributed by atoms with Crippen LogP contribution < -0.4 is 20.4 Å². The lowest BCUT2D eigenvalue weighted by atomic mass is 10.1. The average molecular weight is 538 g/mol. The maximum atomic E-state index is 12.8. The number of hydrogen-bond acceptors (Lipinski definition) is 10. The molecular weight excluding hydrogens is 506 g/mol. The number of aromatic hydroxyl groups is 1. The van der Waals surface area contributed by atoms with E-state index in [1.807, 2.05) is 13.0 Å². The largest absolute Gasteiger partial charge is 0.507 e. The Balaban J connectivity index is 1.14. The summed E-state index contributed by atoms with van der Waals surface area (Å²) in [5.74, 6) is 1.10. The first-order valence-electron chi connectivity index (χ1n) is 12.7. The van der Waals surface area contributed by atoms with Gasteiger partial charge in [-0.3, -0.25) is 14.9 Å². The van der Waals surface area contributed by atoms with Crippen molar-refractivity contribution in [2.24, 2.45) is 0 Å². The number of carbonyl (C=O) groups is 2. The normalized spacial score (nSPS) is 17.8. The predicted octanol–water partition coefficient (Wildman–Crippen LogP) is 2.36. The van der Waals surface area contributed by atoms with Gasteiger partial charge in [0, 0.05) is 43.7 Å². The van der Waals surface area contributed by atoms with Gasteiger partial charge in [0.1, 0.15) is 23.7 Å². The van der Waals surface area contributed by atoms with Crippen LogP contribution in [0.3, 0.4) is 0 Å². The minimum atomic E-state index is -0.444. The van der Waals surface area contributed by atoms with Crippen LogP contribution >= 0.6 is 11.3 Å². The van der Waals surface area contributed by atoms with E-state index >= 15 is 0 Å². The number of aryl methyl sites for hydroxylation is 1. The SMILES string of the molecule is Cc1ccc(O)c(C(=O)Nc2nc(CC(=O)NC3CCCN(c4cc(N5CCOCC5)ncn4)C3)cs2)c1. The zero-order valence-electron chi connectivity index (χ0n) is 21.2. The maximum absolute atomic E-state index is 12.8. The van der Waals surface area contributed by atoms with E-state index in [9.17, 15) is 14.7 Å². The van der Waals surface area contributed by atoms with Gasteiger partial charge in [0.05, 0.1) is 30.9 Å². The van der Waals surface area contributed by atoms with E-state index in [1.54, 1.807) is 23.8 Å². The molecule has 3 aromatic rings. The third-order valence-corrected chi connectivity index (χ3v) is 7.40. The number of thiazole rings is 1. The highest BCUT2D eigenvalue weighted by Crippen LogP contribution is 2.24. The zero-order chi connectivity index (χ0) is 26.5. The molecule has 0 spiro atoms. The highest BCUT2D eigenvalue weighted by Gasteiger charge is 2.24. The first kappa shape index (κ1) is 25.9. The number of rotatable bonds is 7. The third kappa shape index (κ3) is 6.37. The van der Waals surface area contributed by atoms with Gasteiger partial charge in [-0.05, 0) is 31.9 Å². The fourth-order valence-corrected chi connectivity index (χ4v) is 5.37. The molecule has 1 unspecified atom stereocenters. The van der Waals surface area contributed by atoms with Crippen LogP contribution in [0.4, 0.5) is 16.8 Å². The number of phenols is 1. The summed E-state index contributed by atoms with van der Waals surface area (Å²) in [5.41, 5.74) is 1.62. The number of benzene rings is 1. The molecule has 0 radical (unpaired) electrons. The molecular formula is C26H31N7O4S. The van der Waals surface area contributed by atoms with Gasteiger partial charge in [0.15, 0.2) is 5.13 Å². The summed E-state index contributed by atoms with van der Waals surface area (Å²) in [7, 11) is 0. The number of amides is 2. The van der Waals surface area contributed by atoms with Crippen LogP contribution in [0, 0.1) is 6.92 Å². The molecule has 4 heterocycles. The minimum Gasteiger partial charge on any atom is -0.507 e. The van der Waals surface area contributed by atoms with Crippen LogP contribution in [0.25, 0.3) is 0 Å². The fraction of sp³-hybridized carbons (Fsp3) is 0.423. The van der Waals surface area contributed by atoms with Crippen molar-refractivity contribution in [1.29, 1.82) is 0 Å². The number of hydrogen-bond donors (Lipinski definition) is 3. The molecule has 2 amide bonds. The second-order valence-corrected chi connectivity index (χ2v) is 10.3. The van der Waals surface area contributed by atoms with Gasteiger partial charge >= 0.3 is 0 Å². The standard InChI is InChI=1S/C26H31N7O4S/c1-17-4-5-21(34)20(11-17)25(36)31-26-30-19(15-38-26)12-24(35)29-18-3-2-6-33(14-18)23-13-22(27-16-28-23)32-7-9-37-10-8-32/h4-5,11,13,15-16,18,34H,2-3,6-10,12,14H2,1H3,(H,29,35)(H,30,31,36). The highest BCUT2D eigenvalue weighted by molar-refractivity contribution is 7.14. The second kappa shape index (κ2) is 11.7. The third-order valence-electron chi connectivity index (χ3n) is 6.59. The Morgan fingerprint density at radius 3 is 2.74 bits per heavy atom. The van der Waals surface area contributed by atoms with Crippen molar-refractivity contribution in [3.8, 4) is 5.75 Å². The topological polar surface area (TPSA) is 133 Å². The Morgan fingerprint density at radius 1 is 1.13 bits per heavy atom. The zero-order valence-corrected chi connectivity index (χ0v) is 22.0. The van der Waals surface area contributed by atoms with Gasteiger partial charge in [-0.2, -0.15) is 0 Å². The number of aromatic nitrogens is 3. The van der Waals surface area contributed by atoms with Gasteiger partial charge in [0.25, 0.3) is 5.91 Å².